The third-order valence-electron chi connectivity index (χ3n) is 15.1. The topological polar surface area (TPSA) is 177 Å². The van der Waals surface area contributed by atoms with Crippen LogP contribution >= 0.6 is 0 Å². The number of fused-ring (bicyclic) bond motifs is 1. The molecule has 7 atom stereocenters. The van der Waals surface area contributed by atoms with Crippen LogP contribution in [0.25, 0.3) is 0 Å². The third kappa shape index (κ3) is 7.10. The molecule has 5 amide bonds. The standard InChI is InChI=1S/C43H69N7O7S/c1-8-29-25-43(29,38(55)47-58(56,57)49-23-13-14-24-49)46-35(52)31-26-42(40(6,7)41(42)20-16-21-41)27-50(31)37(54)33(39(3,4)5)45-36(53)32(28-17-11-10-12-18-28)44-34(51)30-19-15-22-48(30)9-2/h8,28-33H,1,9-27H2,2-7H3,(H,44,51)(H,45,53)(H,46,52)(H,47,55)/t29-,30+,31+,32+,33-,42-,43-/m1/s1/i2D3,9D2,13D2,14D2,23D2,24D2. The Morgan fingerprint density at radius 1 is 0.931 bits per heavy atom. The fourth-order valence-electron chi connectivity index (χ4n) is 11.3. The maximum atomic E-state index is 15.4. The maximum Gasteiger partial charge on any atom is 0.303 e. The van der Waals surface area contributed by atoms with Crippen LogP contribution in [-0.2, 0) is 34.2 Å². The lowest BCUT2D eigenvalue weighted by Gasteiger charge is -2.38. The summed E-state index contributed by atoms with van der Waals surface area (Å²) in [5.41, 5.74) is -4.35. The summed E-state index contributed by atoms with van der Waals surface area (Å²) < 4.78 is 134. The molecule has 0 unspecified atom stereocenters. The summed E-state index contributed by atoms with van der Waals surface area (Å²) in [6.07, 6.45) is 0.221. The largest absolute Gasteiger partial charge is 0.343 e. The van der Waals surface area contributed by atoms with Crippen LogP contribution in [0.15, 0.2) is 12.7 Å². The Kier molecular flexibility index (Phi) is 7.80. The van der Waals surface area contributed by atoms with Gasteiger partial charge in [0.05, 0.1) is 6.04 Å². The van der Waals surface area contributed by atoms with Crippen LogP contribution < -0.4 is 20.7 Å². The summed E-state index contributed by atoms with van der Waals surface area (Å²) in [7, 11) is -5.74. The molecule has 0 radical (unpaired) electrons. The van der Waals surface area contributed by atoms with Crippen molar-refractivity contribution in [2.75, 3.05) is 32.6 Å². The van der Waals surface area contributed by atoms with Crippen molar-refractivity contribution >= 4 is 39.7 Å². The van der Waals surface area contributed by atoms with Crippen molar-refractivity contribution < 1.29 is 50.2 Å². The fraction of sp³-hybridized carbons (Fsp3) is 0.837. The molecule has 3 saturated heterocycles. The molecular formula is C43H69N7O7S. The lowest BCUT2D eigenvalue weighted by atomic mass is 9.73. The smallest absolute Gasteiger partial charge is 0.303 e. The van der Waals surface area contributed by atoms with Crippen LogP contribution in [0.1, 0.15) is 149 Å². The van der Waals surface area contributed by atoms with Crippen molar-refractivity contribution in [1.82, 2.24) is 34.8 Å². The molecule has 0 bridgehead atoms. The molecule has 7 rings (SSSR count). The number of hydrogen-bond acceptors (Lipinski definition) is 8. The molecule has 3 aliphatic heterocycles. The Hall–Kier alpha value is -3.04. The highest BCUT2D eigenvalue weighted by atomic mass is 32.2. The molecule has 3 heterocycles. The van der Waals surface area contributed by atoms with E-state index in [-0.39, 0.29) is 49.1 Å². The molecule has 4 saturated carbocycles. The average Bonchev–Trinajstić information content (AvgIpc) is 3.70. The van der Waals surface area contributed by atoms with E-state index in [0.29, 0.717) is 19.3 Å². The number of likely N-dealkylation sites (N-methyl/N-ethyl adjacent to an activating group) is 1. The van der Waals surface area contributed by atoms with Gasteiger partial charge in [0.2, 0.25) is 23.6 Å². The van der Waals surface area contributed by atoms with Gasteiger partial charge in [0, 0.05) is 48.7 Å². The van der Waals surface area contributed by atoms with E-state index in [0.717, 1.165) is 43.4 Å². The Morgan fingerprint density at radius 3 is 2.19 bits per heavy atom. The molecule has 2 spiro atoms. The predicted molar refractivity (Wildman–Crippen MR) is 220 cm³/mol. The number of likely N-dealkylation sites (tertiary alicyclic amines) is 2. The van der Waals surface area contributed by atoms with Gasteiger partial charge >= 0.3 is 10.2 Å². The molecular weight excluding hydrogens is 759 g/mol. The first kappa shape index (κ1) is 29.3. The lowest BCUT2D eigenvalue weighted by molar-refractivity contribution is -0.145. The number of hydrogen-bond donors (Lipinski definition) is 4. The molecule has 4 aliphatic carbocycles. The zero-order valence-electron chi connectivity index (χ0n) is 47.3. The zero-order chi connectivity index (χ0) is 53.5. The van der Waals surface area contributed by atoms with Gasteiger partial charge in [-0.3, -0.25) is 28.9 Å². The zero-order valence-corrected chi connectivity index (χ0v) is 35.1. The van der Waals surface area contributed by atoms with Gasteiger partial charge in [0.15, 0.2) is 0 Å². The van der Waals surface area contributed by atoms with Crippen molar-refractivity contribution in [2.45, 2.75) is 161 Å². The number of rotatable bonds is 13. The van der Waals surface area contributed by atoms with Crippen LogP contribution in [0.2, 0.25) is 0 Å². The highest BCUT2D eigenvalue weighted by Gasteiger charge is 2.85. The molecule has 15 heteroatoms. The van der Waals surface area contributed by atoms with Crippen molar-refractivity contribution in [3.05, 3.63) is 12.7 Å². The Morgan fingerprint density at radius 2 is 1.62 bits per heavy atom. The summed E-state index contributed by atoms with van der Waals surface area (Å²) in [5, 5.41) is 8.41. The minimum atomic E-state index is -5.74. The Bertz CT molecular complexity index is 2310. The molecule has 324 valence electrons. The number of carbonyl (C=O) groups excluding carboxylic acids is 5. The second-order valence-corrected chi connectivity index (χ2v) is 20.7. The van der Waals surface area contributed by atoms with Gasteiger partial charge in [-0.2, -0.15) is 12.7 Å². The lowest BCUT2D eigenvalue weighted by Crippen LogP contribution is -2.63. The summed E-state index contributed by atoms with van der Waals surface area (Å²) in [6, 6.07) is -5.01. The SMILES string of the molecule is [2H]C([2H])([2H])C([2H])([2H])N1CCC[C@H]1C(=O)N[C@H](C(=O)N[C@H](C(=O)N1C[C@]2(C[C@H]1C(=O)N[C@]1(C(=O)NS(=O)(=O)N3C([2H])([2H])C([2H])([2H])C([2H])([2H])C3([2H])[2H])C[C@H]1C=C)C(C)(C)C21CCC1)C(C)(C)C)C1CCCCC1. The van der Waals surface area contributed by atoms with Gasteiger partial charge in [-0.25, -0.2) is 4.72 Å². The molecule has 14 nitrogen and oxygen atoms in total. The minimum Gasteiger partial charge on any atom is -0.343 e. The Labute approximate surface area is 364 Å². The van der Waals surface area contributed by atoms with Gasteiger partial charge < -0.3 is 20.9 Å². The normalized spacial score (nSPS) is 40.2. The summed E-state index contributed by atoms with van der Waals surface area (Å²) in [6.45, 7) is -0.546. The van der Waals surface area contributed by atoms with E-state index < -0.39 is 130 Å². The number of nitrogens with one attached hydrogen (secondary N) is 4. The molecule has 0 aromatic rings. The van der Waals surface area contributed by atoms with Gasteiger partial charge in [0.1, 0.15) is 23.7 Å². The molecule has 0 aromatic heterocycles. The Balaban J connectivity index is 1.17. The second kappa shape index (κ2) is 15.5. The van der Waals surface area contributed by atoms with E-state index in [4.69, 9.17) is 17.8 Å². The van der Waals surface area contributed by atoms with E-state index in [2.05, 4.69) is 36.4 Å². The maximum absolute atomic E-state index is 15.4. The van der Waals surface area contributed by atoms with Gasteiger partial charge in [-0.15, -0.1) is 6.58 Å². The quantitative estimate of drug-likeness (QED) is 0.204. The monoisotopic (exact) mass is 841 g/mol. The summed E-state index contributed by atoms with van der Waals surface area (Å²) in [4.78, 5) is 75.8. The highest BCUT2D eigenvalue weighted by Crippen LogP contribution is 2.88. The van der Waals surface area contributed by atoms with Gasteiger partial charge in [-0.05, 0) is 99.3 Å². The van der Waals surface area contributed by atoms with Gasteiger partial charge in [-0.1, -0.05) is 73.2 Å². The number of carbonyl (C=O) groups is 5. The van der Waals surface area contributed by atoms with E-state index >= 15 is 4.79 Å². The molecule has 4 N–H and O–H groups in total. The van der Waals surface area contributed by atoms with Gasteiger partial charge in [0.25, 0.3) is 5.91 Å². The number of nitrogens with zero attached hydrogens (tertiary/aromatic N) is 3. The van der Waals surface area contributed by atoms with Crippen molar-refractivity contribution in [2.24, 2.45) is 33.5 Å². The van der Waals surface area contributed by atoms with E-state index in [1.165, 1.54) is 11.0 Å². The van der Waals surface area contributed by atoms with Crippen LogP contribution in [0.4, 0.5) is 0 Å². The van der Waals surface area contributed by atoms with E-state index in [1.807, 2.05) is 0 Å². The van der Waals surface area contributed by atoms with Crippen molar-refractivity contribution in [3.63, 3.8) is 0 Å². The first-order valence-corrected chi connectivity index (χ1v) is 22.2. The molecule has 7 aliphatic rings. The molecule has 0 aromatic carbocycles. The highest BCUT2D eigenvalue weighted by molar-refractivity contribution is 7.87. The second-order valence-electron chi connectivity index (χ2n) is 19.2. The average molecular weight is 841 g/mol. The first-order chi connectivity index (χ1) is 32.2. The predicted octanol–water partition coefficient (Wildman–Crippen LogP) is 3.38. The van der Waals surface area contributed by atoms with Crippen LogP contribution in [-0.4, -0.2) is 114 Å². The first-order valence-electron chi connectivity index (χ1n) is 27.2. The van der Waals surface area contributed by atoms with Crippen LogP contribution in [0.3, 0.4) is 0 Å². The summed E-state index contributed by atoms with van der Waals surface area (Å²) in [5.74, 6) is -5.72. The summed E-state index contributed by atoms with van der Waals surface area (Å²) >= 11 is 0. The van der Waals surface area contributed by atoms with Crippen LogP contribution in [0, 0.1) is 33.5 Å². The number of amides is 5. The third-order valence-corrected chi connectivity index (χ3v) is 16.2. The minimum absolute atomic E-state index is 0.00349. The fourth-order valence-corrected chi connectivity index (χ4v) is 12.1. The molecule has 7 fully saturated rings. The van der Waals surface area contributed by atoms with Crippen molar-refractivity contribution in [3.8, 4) is 0 Å². The van der Waals surface area contributed by atoms with Crippen molar-refractivity contribution in [1.29, 1.82) is 0 Å². The van der Waals surface area contributed by atoms with E-state index in [9.17, 15) is 27.6 Å². The molecule has 58 heavy (non-hydrogen) atoms. The van der Waals surface area contributed by atoms with Crippen LogP contribution in [0.5, 0.6) is 0 Å². The van der Waals surface area contributed by atoms with E-state index in [1.54, 1.807) is 25.5 Å².